The minimum Gasteiger partial charge on any atom is -0.467 e. The Morgan fingerprint density at radius 2 is 2.10 bits per heavy atom. The molecule has 0 unspecified atom stereocenters. The van der Waals surface area contributed by atoms with Gasteiger partial charge >= 0.3 is 0 Å². The summed E-state index contributed by atoms with van der Waals surface area (Å²) in [6, 6.07) is 7.10. The number of carbonyl (C=O) groups excluding carboxylic acids is 1. The summed E-state index contributed by atoms with van der Waals surface area (Å²) in [4.78, 5) is 27.2. The lowest BCUT2D eigenvalue weighted by Gasteiger charge is -2.27. The third kappa shape index (κ3) is 3.95. The second-order valence-corrected chi connectivity index (χ2v) is 9.78. The molecular formula is C20H18ClNO6S. The number of nitrogens with zero attached hydrogens (tertiary/aromatic N) is 1. The number of halogens is 1. The second kappa shape index (κ2) is 7.35. The number of furan rings is 1. The van der Waals surface area contributed by atoms with Crippen molar-refractivity contribution in [2.75, 3.05) is 11.5 Å². The Morgan fingerprint density at radius 1 is 1.31 bits per heavy atom. The Labute approximate surface area is 171 Å². The summed E-state index contributed by atoms with van der Waals surface area (Å²) >= 11 is 6.08. The van der Waals surface area contributed by atoms with Gasteiger partial charge in [0.05, 0.1) is 29.7 Å². The molecule has 0 aliphatic carbocycles. The van der Waals surface area contributed by atoms with Crippen LogP contribution in [-0.4, -0.2) is 36.8 Å². The third-order valence-electron chi connectivity index (χ3n) is 5.04. The van der Waals surface area contributed by atoms with Gasteiger partial charge in [0.1, 0.15) is 11.3 Å². The molecule has 29 heavy (non-hydrogen) atoms. The molecule has 152 valence electrons. The van der Waals surface area contributed by atoms with E-state index < -0.39 is 27.2 Å². The smallest absolute Gasteiger partial charge is 0.290 e. The van der Waals surface area contributed by atoms with Crippen LogP contribution in [0.2, 0.25) is 5.02 Å². The maximum atomic E-state index is 13.2. The zero-order valence-electron chi connectivity index (χ0n) is 15.6. The van der Waals surface area contributed by atoms with Gasteiger partial charge in [-0.15, -0.1) is 0 Å². The summed E-state index contributed by atoms with van der Waals surface area (Å²) in [5.41, 5.74) is 0.564. The summed E-state index contributed by atoms with van der Waals surface area (Å²) in [6.45, 7) is 1.84. The fraction of sp³-hybridized carbons (Fsp3) is 0.300. The fourth-order valence-electron chi connectivity index (χ4n) is 3.48. The van der Waals surface area contributed by atoms with E-state index >= 15 is 0 Å². The van der Waals surface area contributed by atoms with E-state index in [4.69, 9.17) is 20.4 Å². The van der Waals surface area contributed by atoms with Gasteiger partial charge in [0.2, 0.25) is 0 Å². The standard InChI is InChI=1S/C20H18ClNO6S/c1-12-7-18-15(8-16(12)21)17(23)9-19(28-18)20(24)22(10-14-3-2-5-27-14)13-4-6-29(25,26)11-13/h2-3,5,7-9,13H,4,6,10-11H2,1H3/t13-/m1/s1. The van der Waals surface area contributed by atoms with E-state index in [1.807, 2.05) is 0 Å². The molecule has 1 fully saturated rings. The van der Waals surface area contributed by atoms with Gasteiger partial charge in [0.15, 0.2) is 21.0 Å². The van der Waals surface area contributed by atoms with Crippen molar-refractivity contribution in [1.29, 1.82) is 0 Å². The number of carbonyl (C=O) groups is 1. The van der Waals surface area contributed by atoms with Crippen molar-refractivity contribution in [2.24, 2.45) is 0 Å². The predicted molar refractivity (Wildman–Crippen MR) is 108 cm³/mol. The maximum Gasteiger partial charge on any atom is 0.290 e. The van der Waals surface area contributed by atoms with Crippen LogP contribution in [0.3, 0.4) is 0 Å². The summed E-state index contributed by atoms with van der Waals surface area (Å²) in [6.07, 6.45) is 1.80. The number of rotatable bonds is 4. The molecule has 0 spiro atoms. The van der Waals surface area contributed by atoms with E-state index in [-0.39, 0.29) is 34.8 Å². The molecule has 0 radical (unpaired) electrons. The van der Waals surface area contributed by atoms with Gasteiger partial charge in [0.25, 0.3) is 5.91 Å². The predicted octanol–water partition coefficient (Wildman–Crippen LogP) is 3.18. The molecule has 1 atom stereocenters. The SMILES string of the molecule is Cc1cc2oc(C(=O)N(Cc3ccco3)[C@@H]3CCS(=O)(=O)C3)cc(=O)c2cc1Cl. The molecule has 1 amide bonds. The van der Waals surface area contributed by atoms with Gasteiger partial charge in [0, 0.05) is 17.1 Å². The number of fused-ring (bicyclic) bond motifs is 1. The summed E-state index contributed by atoms with van der Waals surface area (Å²) < 4.78 is 35.0. The molecular weight excluding hydrogens is 418 g/mol. The van der Waals surface area contributed by atoms with Gasteiger partial charge in [-0.2, -0.15) is 0 Å². The van der Waals surface area contributed by atoms with Crippen LogP contribution in [0.15, 0.2) is 50.2 Å². The molecule has 3 heterocycles. The van der Waals surface area contributed by atoms with E-state index in [1.165, 1.54) is 17.2 Å². The van der Waals surface area contributed by atoms with Crippen molar-refractivity contribution in [1.82, 2.24) is 4.90 Å². The first kappa shape index (κ1) is 19.7. The number of hydrogen-bond acceptors (Lipinski definition) is 6. The molecule has 7 nitrogen and oxygen atoms in total. The van der Waals surface area contributed by atoms with E-state index in [1.54, 1.807) is 25.1 Å². The number of amides is 1. The Morgan fingerprint density at radius 3 is 2.76 bits per heavy atom. The van der Waals surface area contributed by atoms with Gasteiger partial charge in [-0.05, 0) is 43.2 Å². The maximum absolute atomic E-state index is 13.2. The average molecular weight is 436 g/mol. The van der Waals surface area contributed by atoms with Crippen LogP contribution in [0.1, 0.15) is 28.3 Å². The van der Waals surface area contributed by atoms with E-state index in [0.717, 1.165) is 6.07 Å². The van der Waals surface area contributed by atoms with E-state index in [0.29, 0.717) is 22.8 Å². The molecule has 9 heteroatoms. The lowest BCUT2D eigenvalue weighted by atomic mass is 10.1. The van der Waals surface area contributed by atoms with Gasteiger partial charge < -0.3 is 13.7 Å². The molecule has 4 rings (SSSR count). The highest BCUT2D eigenvalue weighted by Crippen LogP contribution is 2.25. The Bertz CT molecular complexity index is 1250. The average Bonchev–Trinajstić information content (AvgIpc) is 3.29. The van der Waals surface area contributed by atoms with Gasteiger partial charge in [-0.25, -0.2) is 8.42 Å². The van der Waals surface area contributed by atoms with Crippen LogP contribution in [0.25, 0.3) is 11.0 Å². The monoisotopic (exact) mass is 435 g/mol. The number of aryl methyl sites for hydroxylation is 1. The molecule has 0 N–H and O–H groups in total. The molecule has 2 aromatic heterocycles. The summed E-state index contributed by atoms with van der Waals surface area (Å²) in [5.74, 6) is -0.325. The largest absolute Gasteiger partial charge is 0.467 e. The highest BCUT2D eigenvalue weighted by Gasteiger charge is 2.36. The van der Waals surface area contributed by atoms with Crippen molar-refractivity contribution in [3.05, 3.63) is 68.9 Å². The van der Waals surface area contributed by atoms with Crippen LogP contribution in [0.5, 0.6) is 0 Å². The fourth-order valence-corrected chi connectivity index (χ4v) is 5.38. The minimum atomic E-state index is -3.22. The van der Waals surface area contributed by atoms with Crippen LogP contribution in [0.4, 0.5) is 0 Å². The van der Waals surface area contributed by atoms with Crippen molar-refractivity contribution >= 4 is 38.3 Å². The molecule has 1 aliphatic rings. The highest BCUT2D eigenvalue weighted by atomic mass is 35.5. The minimum absolute atomic E-state index is 0.0129. The van der Waals surface area contributed by atoms with E-state index in [2.05, 4.69) is 0 Å². The first-order valence-electron chi connectivity index (χ1n) is 9.01. The lowest BCUT2D eigenvalue weighted by Crippen LogP contribution is -2.40. The topological polar surface area (TPSA) is 97.8 Å². The first-order chi connectivity index (χ1) is 13.7. The zero-order valence-corrected chi connectivity index (χ0v) is 17.1. The molecule has 1 aromatic carbocycles. The molecule has 1 saturated heterocycles. The van der Waals surface area contributed by atoms with Crippen molar-refractivity contribution < 1.29 is 22.0 Å². The number of hydrogen-bond donors (Lipinski definition) is 0. The Kier molecular flexibility index (Phi) is 5.00. The van der Waals surface area contributed by atoms with Crippen molar-refractivity contribution in [3.8, 4) is 0 Å². The van der Waals surface area contributed by atoms with Crippen LogP contribution in [-0.2, 0) is 16.4 Å². The Hall–Kier alpha value is -2.58. The number of sulfone groups is 1. The van der Waals surface area contributed by atoms with Gasteiger partial charge in [-0.1, -0.05) is 11.6 Å². The third-order valence-corrected chi connectivity index (χ3v) is 7.19. The zero-order chi connectivity index (χ0) is 20.8. The lowest BCUT2D eigenvalue weighted by molar-refractivity contribution is 0.0634. The van der Waals surface area contributed by atoms with Crippen LogP contribution >= 0.6 is 11.6 Å². The quantitative estimate of drug-likeness (QED) is 0.624. The normalized spacial score (nSPS) is 18.2. The second-order valence-electron chi connectivity index (χ2n) is 7.14. The van der Waals surface area contributed by atoms with Gasteiger partial charge in [-0.3, -0.25) is 9.59 Å². The highest BCUT2D eigenvalue weighted by molar-refractivity contribution is 7.91. The first-order valence-corrected chi connectivity index (χ1v) is 11.2. The number of benzene rings is 1. The molecule has 0 saturated carbocycles. The van der Waals surface area contributed by atoms with Crippen LogP contribution < -0.4 is 5.43 Å². The summed E-state index contributed by atoms with van der Waals surface area (Å²) in [7, 11) is -3.22. The summed E-state index contributed by atoms with van der Waals surface area (Å²) in [5, 5.41) is 0.706. The van der Waals surface area contributed by atoms with E-state index in [9.17, 15) is 18.0 Å². The van der Waals surface area contributed by atoms with Crippen molar-refractivity contribution in [2.45, 2.75) is 25.9 Å². The van der Waals surface area contributed by atoms with Crippen LogP contribution in [0, 0.1) is 6.92 Å². The molecule has 1 aliphatic heterocycles. The van der Waals surface area contributed by atoms with Crippen molar-refractivity contribution in [3.63, 3.8) is 0 Å². The Balaban J connectivity index is 1.75. The molecule has 3 aromatic rings. The molecule has 0 bridgehead atoms.